The van der Waals surface area contributed by atoms with Crippen molar-refractivity contribution >= 4 is 23.4 Å². The maximum absolute atomic E-state index is 13.5. The smallest absolute Gasteiger partial charge is 0.278 e. The zero-order chi connectivity index (χ0) is 22.7. The van der Waals surface area contributed by atoms with Crippen LogP contribution in [0.2, 0.25) is 0 Å². The fourth-order valence-corrected chi connectivity index (χ4v) is 4.09. The molecule has 2 aromatic heterocycles. The molecule has 0 unspecified atom stereocenters. The molecule has 0 aliphatic heterocycles. The van der Waals surface area contributed by atoms with Crippen molar-refractivity contribution in [1.29, 1.82) is 0 Å². The third kappa shape index (κ3) is 5.00. The van der Waals surface area contributed by atoms with Crippen LogP contribution in [0.1, 0.15) is 33.1 Å². The molecule has 1 amide bonds. The summed E-state index contributed by atoms with van der Waals surface area (Å²) in [6.07, 6.45) is 0. The summed E-state index contributed by atoms with van der Waals surface area (Å²) in [5.41, 5.74) is 4.73. The van der Waals surface area contributed by atoms with Crippen molar-refractivity contribution in [3.05, 3.63) is 88.8 Å². The Morgan fingerprint density at radius 3 is 2.44 bits per heavy atom. The van der Waals surface area contributed by atoms with E-state index in [9.17, 15) is 9.18 Å². The van der Waals surface area contributed by atoms with Gasteiger partial charge in [0.2, 0.25) is 0 Å². The molecule has 4 rings (SSSR count). The largest absolute Gasteiger partial charge is 0.320 e. The normalized spacial score (nSPS) is 10.9. The summed E-state index contributed by atoms with van der Waals surface area (Å²) >= 11 is 1.40. The van der Waals surface area contributed by atoms with Gasteiger partial charge in [-0.05, 0) is 57.2 Å². The molecule has 0 spiro atoms. The van der Waals surface area contributed by atoms with E-state index in [1.165, 1.54) is 30.0 Å². The van der Waals surface area contributed by atoms with Gasteiger partial charge in [0.05, 0.1) is 11.4 Å². The molecule has 9 heteroatoms. The number of carbonyl (C=O) groups excluding carboxylic acids is 1. The Morgan fingerprint density at radius 1 is 1.03 bits per heavy atom. The van der Waals surface area contributed by atoms with Gasteiger partial charge in [-0.3, -0.25) is 4.79 Å². The molecular formula is C23H21FN6OS. The molecule has 2 heterocycles. The number of rotatable bonds is 6. The minimum absolute atomic E-state index is 0.159. The summed E-state index contributed by atoms with van der Waals surface area (Å²) < 4.78 is 15.2. The van der Waals surface area contributed by atoms with Crippen LogP contribution in [0.5, 0.6) is 0 Å². The van der Waals surface area contributed by atoms with Crippen LogP contribution in [-0.2, 0) is 5.75 Å². The fourth-order valence-electron chi connectivity index (χ4n) is 3.15. The Morgan fingerprint density at radius 2 is 1.75 bits per heavy atom. The number of carbonyl (C=O) groups is 1. The number of amides is 1. The average molecular weight is 449 g/mol. The second kappa shape index (κ2) is 9.27. The number of halogens is 1. The highest BCUT2D eigenvalue weighted by atomic mass is 32.2. The minimum atomic E-state index is -0.467. The lowest BCUT2D eigenvalue weighted by Gasteiger charge is -2.09. The average Bonchev–Trinajstić information content (AvgIpc) is 3.16. The topological polar surface area (TPSA) is 85.6 Å². The Bertz CT molecular complexity index is 1250. The Kier molecular flexibility index (Phi) is 6.27. The van der Waals surface area contributed by atoms with E-state index in [2.05, 4.69) is 25.6 Å². The first kappa shape index (κ1) is 21.6. The van der Waals surface area contributed by atoms with Crippen LogP contribution in [-0.4, -0.2) is 30.9 Å². The molecule has 0 saturated heterocycles. The highest BCUT2D eigenvalue weighted by Gasteiger charge is 2.22. The van der Waals surface area contributed by atoms with Crippen LogP contribution in [0.4, 0.5) is 10.1 Å². The molecule has 1 N–H and O–H groups in total. The minimum Gasteiger partial charge on any atom is -0.320 e. The highest BCUT2D eigenvalue weighted by Crippen LogP contribution is 2.24. The molecule has 0 saturated carbocycles. The van der Waals surface area contributed by atoms with Crippen molar-refractivity contribution < 1.29 is 9.18 Å². The lowest BCUT2D eigenvalue weighted by molar-refractivity contribution is 0.102. The monoisotopic (exact) mass is 448 g/mol. The summed E-state index contributed by atoms with van der Waals surface area (Å²) in [6.45, 7) is 5.82. The molecule has 0 bridgehead atoms. The van der Waals surface area contributed by atoms with E-state index < -0.39 is 11.7 Å². The molecule has 0 fully saturated rings. The van der Waals surface area contributed by atoms with E-state index in [0.717, 1.165) is 22.6 Å². The van der Waals surface area contributed by atoms with Crippen LogP contribution in [0.25, 0.3) is 5.69 Å². The lowest BCUT2D eigenvalue weighted by Crippen LogP contribution is -2.15. The number of anilines is 1. The van der Waals surface area contributed by atoms with Crippen LogP contribution in [0.15, 0.2) is 59.8 Å². The second-order valence-corrected chi connectivity index (χ2v) is 8.26. The number of aromatic nitrogens is 5. The lowest BCUT2D eigenvalue weighted by atomic mass is 10.2. The van der Waals surface area contributed by atoms with Gasteiger partial charge in [0.25, 0.3) is 5.91 Å². The molecular weight excluding hydrogens is 427 g/mol. The van der Waals surface area contributed by atoms with Crippen molar-refractivity contribution in [2.24, 2.45) is 0 Å². The second-order valence-electron chi connectivity index (χ2n) is 7.32. The van der Waals surface area contributed by atoms with Gasteiger partial charge >= 0.3 is 0 Å². The Labute approximate surface area is 189 Å². The molecule has 162 valence electrons. The molecule has 0 radical (unpaired) electrons. The third-order valence-corrected chi connectivity index (χ3v) is 5.50. The standard InChI is InChI=1S/C23H21FN6OS/c1-14-7-9-19(10-8-14)30-20(13-32-23-25-15(2)11-16(3)26-23)21(28-29-30)22(31)27-18-6-4-5-17(24)12-18/h4-12H,13H2,1-3H3,(H,27,31). The molecule has 2 aromatic carbocycles. The molecule has 0 aliphatic carbocycles. The van der Waals surface area contributed by atoms with Crippen LogP contribution >= 0.6 is 11.8 Å². The summed E-state index contributed by atoms with van der Waals surface area (Å²) in [5.74, 6) is -0.532. The molecule has 0 aliphatic rings. The van der Waals surface area contributed by atoms with E-state index in [1.54, 1.807) is 10.7 Å². The van der Waals surface area contributed by atoms with Crippen molar-refractivity contribution in [2.75, 3.05) is 5.32 Å². The first-order valence-electron chi connectivity index (χ1n) is 9.92. The fraction of sp³-hybridized carbons (Fsp3) is 0.174. The predicted molar refractivity (Wildman–Crippen MR) is 122 cm³/mol. The summed E-state index contributed by atoms with van der Waals surface area (Å²) in [7, 11) is 0. The summed E-state index contributed by atoms with van der Waals surface area (Å²) in [5, 5.41) is 11.7. The van der Waals surface area contributed by atoms with E-state index in [1.807, 2.05) is 51.1 Å². The van der Waals surface area contributed by atoms with Gasteiger partial charge < -0.3 is 5.32 Å². The van der Waals surface area contributed by atoms with Gasteiger partial charge in [-0.1, -0.05) is 40.7 Å². The van der Waals surface area contributed by atoms with Crippen molar-refractivity contribution in [2.45, 2.75) is 31.7 Å². The molecule has 7 nitrogen and oxygen atoms in total. The molecule has 0 atom stereocenters. The first-order chi connectivity index (χ1) is 15.4. The van der Waals surface area contributed by atoms with Gasteiger partial charge in [0.1, 0.15) is 5.82 Å². The van der Waals surface area contributed by atoms with E-state index >= 15 is 0 Å². The number of aryl methyl sites for hydroxylation is 3. The maximum atomic E-state index is 13.5. The van der Waals surface area contributed by atoms with Gasteiger partial charge in [0.15, 0.2) is 10.9 Å². The third-order valence-electron chi connectivity index (χ3n) is 4.64. The molecule has 4 aromatic rings. The number of nitrogens with zero attached hydrogens (tertiary/aromatic N) is 5. The Hall–Kier alpha value is -3.59. The first-order valence-corrected chi connectivity index (χ1v) is 10.9. The summed E-state index contributed by atoms with van der Waals surface area (Å²) in [4.78, 5) is 21.9. The van der Waals surface area contributed by atoms with E-state index in [4.69, 9.17) is 0 Å². The quantitative estimate of drug-likeness (QED) is 0.341. The number of benzene rings is 2. The van der Waals surface area contributed by atoms with Gasteiger partial charge in [0, 0.05) is 22.8 Å². The van der Waals surface area contributed by atoms with Crippen LogP contribution < -0.4 is 5.32 Å². The highest BCUT2D eigenvalue weighted by molar-refractivity contribution is 7.98. The van der Waals surface area contributed by atoms with E-state index in [0.29, 0.717) is 22.3 Å². The predicted octanol–water partition coefficient (Wildman–Crippen LogP) is 4.67. The van der Waals surface area contributed by atoms with Crippen LogP contribution in [0, 0.1) is 26.6 Å². The van der Waals surface area contributed by atoms with Crippen LogP contribution in [0.3, 0.4) is 0 Å². The van der Waals surface area contributed by atoms with Gasteiger partial charge in [-0.25, -0.2) is 19.0 Å². The zero-order valence-electron chi connectivity index (χ0n) is 17.8. The number of thioether (sulfide) groups is 1. The number of hydrogen-bond donors (Lipinski definition) is 1. The maximum Gasteiger partial charge on any atom is 0.278 e. The Balaban J connectivity index is 1.67. The summed E-state index contributed by atoms with van der Waals surface area (Å²) in [6, 6.07) is 15.4. The van der Waals surface area contributed by atoms with E-state index in [-0.39, 0.29) is 5.69 Å². The van der Waals surface area contributed by atoms with Crippen molar-refractivity contribution in [3.63, 3.8) is 0 Å². The van der Waals surface area contributed by atoms with Gasteiger partial charge in [-0.15, -0.1) is 5.10 Å². The van der Waals surface area contributed by atoms with Crippen molar-refractivity contribution in [3.8, 4) is 5.69 Å². The molecule has 32 heavy (non-hydrogen) atoms. The SMILES string of the molecule is Cc1ccc(-n2nnc(C(=O)Nc3cccc(F)c3)c2CSc2nc(C)cc(C)n2)cc1. The zero-order valence-corrected chi connectivity index (χ0v) is 18.7. The van der Waals surface area contributed by atoms with Gasteiger partial charge in [-0.2, -0.15) is 0 Å². The van der Waals surface area contributed by atoms with Crippen molar-refractivity contribution in [1.82, 2.24) is 25.0 Å². The number of nitrogens with one attached hydrogen (secondary N) is 1. The number of hydrogen-bond acceptors (Lipinski definition) is 6.